The molecular formula is C10H19NO. The first-order valence-electron chi connectivity index (χ1n) is 4.66. The van der Waals surface area contributed by atoms with Crippen molar-refractivity contribution < 1.29 is 4.79 Å². The molecule has 1 aliphatic rings. The Bertz CT molecular complexity index is 198. The number of Topliss-reactive ketones (excluding diaryl/α,β-unsaturated/α-hetero) is 1. The maximum absolute atomic E-state index is 11.9. The average Bonchev–Trinajstić information content (AvgIpc) is 2.00. The molecule has 0 aliphatic heterocycles. The summed E-state index contributed by atoms with van der Waals surface area (Å²) in [4.78, 5) is 11.9. The summed E-state index contributed by atoms with van der Waals surface area (Å²) in [7, 11) is 1.87. The van der Waals surface area contributed by atoms with Crippen LogP contribution in [0.1, 0.15) is 40.0 Å². The van der Waals surface area contributed by atoms with Gasteiger partial charge >= 0.3 is 0 Å². The van der Waals surface area contributed by atoms with E-state index >= 15 is 0 Å². The van der Waals surface area contributed by atoms with Crippen LogP contribution < -0.4 is 5.32 Å². The Hall–Kier alpha value is -0.370. The van der Waals surface area contributed by atoms with Crippen LogP contribution in [-0.4, -0.2) is 18.4 Å². The third-order valence-electron chi connectivity index (χ3n) is 3.15. The monoisotopic (exact) mass is 169 g/mol. The first-order chi connectivity index (χ1) is 5.42. The van der Waals surface area contributed by atoms with Gasteiger partial charge in [0.05, 0.1) is 5.54 Å². The van der Waals surface area contributed by atoms with E-state index < -0.39 is 0 Å². The van der Waals surface area contributed by atoms with Crippen LogP contribution in [0.5, 0.6) is 0 Å². The summed E-state index contributed by atoms with van der Waals surface area (Å²) in [5.74, 6) is 0.365. The highest BCUT2D eigenvalue weighted by atomic mass is 16.1. The van der Waals surface area contributed by atoms with E-state index in [9.17, 15) is 4.79 Å². The summed E-state index contributed by atoms with van der Waals surface area (Å²) >= 11 is 0. The highest BCUT2D eigenvalue weighted by Gasteiger charge is 2.44. The van der Waals surface area contributed by atoms with Gasteiger partial charge in [-0.05, 0) is 26.8 Å². The zero-order valence-electron chi connectivity index (χ0n) is 8.53. The van der Waals surface area contributed by atoms with Gasteiger partial charge in [0.2, 0.25) is 0 Å². The van der Waals surface area contributed by atoms with Crippen LogP contribution in [0.4, 0.5) is 0 Å². The van der Waals surface area contributed by atoms with Crippen LogP contribution in [0.3, 0.4) is 0 Å². The van der Waals surface area contributed by atoms with Gasteiger partial charge in [0.1, 0.15) is 0 Å². The van der Waals surface area contributed by atoms with E-state index in [-0.39, 0.29) is 11.0 Å². The van der Waals surface area contributed by atoms with Crippen LogP contribution >= 0.6 is 0 Å². The van der Waals surface area contributed by atoms with E-state index in [1.54, 1.807) is 0 Å². The molecule has 1 fully saturated rings. The molecule has 70 valence electrons. The molecule has 0 aromatic heterocycles. The highest BCUT2D eigenvalue weighted by molar-refractivity contribution is 5.93. The van der Waals surface area contributed by atoms with Crippen molar-refractivity contribution in [1.82, 2.24) is 5.32 Å². The zero-order valence-corrected chi connectivity index (χ0v) is 8.53. The quantitative estimate of drug-likeness (QED) is 0.648. The van der Waals surface area contributed by atoms with Crippen molar-refractivity contribution in [3.8, 4) is 0 Å². The van der Waals surface area contributed by atoms with Crippen LogP contribution in [0, 0.1) is 5.41 Å². The Morgan fingerprint density at radius 3 is 2.25 bits per heavy atom. The molecule has 1 rings (SSSR count). The predicted octanol–water partition coefficient (Wildman–Crippen LogP) is 1.74. The molecule has 0 spiro atoms. The third kappa shape index (κ3) is 1.40. The van der Waals surface area contributed by atoms with Crippen molar-refractivity contribution in [3.63, 3.8) is 0 Å². The lowest BCUT2D eigenvalue weighted by atomic mass is 9.68. The van der Waals surface area contributed by atoms with Gasteiger partial charge in [0.15, 0.2) is 5.78 Å². The normalized spacial score (nSPS) is 35.2. The second kappa shape index (κ2) is 2.84. The Kier molecular flexibility index (Phi) is 2.30. The Morgan fingerprint density at radius 2 is 1.83 bits per heavy atom. The fraction of sp³-hybridized carbons (Fsp3) is 0.900. The minimum atomic E-state index is -0.276. The summed E-state index contributed by atoms with van der Waals surface area (Å²) in [6.07, 6.45) is 3.16. The minimum Gasteiger partial charge on any atom is -0.308 e. The fourth-order valence-electron chi connectivity index (χ4n) is 2.10. The largest absolute Gasteiger partial charge is 0.308 e. The molecule has 2 heteroatoms. The Balaban J connectivity index is 2.87. The van der Waals surface area contributed by atoms with Gasteiger partial charge < -0.3 is 5.32 Å². The molecule has 2 nitrogen and oxygen atoms in total. The molecule has 1 aliphatic carbocycles. The lowest BCUT2D eigenvalue weighted by Crippen LogP contribution is -2.55. The van der Waals surface area contributed by atoms with Gasteiger partial charge in [-0.1, -0.05) is 20.3 Å². The summed E-state index contributed by atoms with van der Waals surface area (Å²) in [6, 6.07) is 0. The number of hydrogen-bond donors (Lipinski definition) is 1. The third-order valence-corrected chi connectivity index (χ3v) is 3.15. The SMILES string of the molecule is CNC1(C)CCCC(C)(C)C1=O. The fourth-order valence-corrected chi connectivity index (χ4v) is 2.10. The van der Waals surface area contributed by atoms with Crippen molar-refractivity contribution in [2.24, 2.45) is 5.41 Å². The summed E-state index contributed by atoms with van der Waals surface area (Å²) in [5.41, 5.74) is -0.405. The molecule has 0 amide bonds. The topological polar surface area (TPSA) is 29.1 Å². The van der Waals surface area contributed by atoms with Crippen molar-refractivity contribution in [2.45, 2.75) is 45.6 Å². The number of hydrogen-bond acceptors (Lipinski definition) is 2. The number of likely N-dealkylation sites (N-methyl/N-ethyl adjacent to an activating group) is 1. The Labute approximate surface area is 74.7 Å². The van der Waals surface area contributed by atoms with Crippen LogP contribution in [0.25, 0.3) is 0 Å². The first-order valence-corrected chi connectivity index (χ1v) is 4.66. The van der Waals surface area contributed by atoms with E-state index in [2.05, 4.69) is 5.32 Å². The van der Waals surface area contributed by atoms with Gasteiger partial charge in [-0.3, -0.25) is 4.79 Å². The maximum Gasteiger partial charge on any atom is 0.158 e. The molecule has 1 saturated carbocycles. The molecule has 1 N–H and O–H groups in total. The summed E-state index contributed by atoms with van der Waals surface area (Å²) in [5, 5.41) is 3.14. The van der Waals surface area contributed by atoms with Crippen molar-refractivity contribution in [2.75, 3.05) is 7.05 Å². The smallest absolute Gasteiger partial charge is 0.158 e. The van der Waals surface area contributed by atoms with E-state index in [4.69, 9.17) is 0 Å². The standard InChI is InChI=1S/C10H19NO/c1-9(2)6-5-7-10(3,11-4)8(9)12/h11H,5-7H2,1-4H3. The van der Waals surface area contributed by atoms with Crippen molar-refractivity contribution in [1.29, 1.82) is 0 Å². The zero-order chi connectivity index (χ0) is 9.41. The predicted molar refractivity (Wildman–Crippen MR) is 50.1 cm³/mol. The minimum absolute atomic E-state index is 0.129. The van der Waals surface area contributed by atoms with Crippen LogP contribution in [0.15, 0.2) is 0 Å². The molecular weight excluding hydrogens is 150 g/mol. The highest BCUT2D eigenvalue weighted by Crippen LogP contribution is 2.37. The van der Waals surface area contributed by atoms with E-state index in [0.29, 0.717) is 5.78 Å². The Morgan fingerprint density at radius 1 is 1.25 bits per heavy atom. The van der Waals surface area contributed by atoms with E-state index in [1.165, 1.54) is 0 Å². The van der Waals surface area contributed by atoms with Gasteiger partial charge in [0.25, 0.3) is 0 Å². The lowest BCUT2D eigenvalue weighted by Gasteiger charge is -2.40. The van der Waals surface area contributed by atoms with Gasteiger partial charge in [0, 0.05) is 5.41 Å². The summed E-state index contributed by atoms with van der Waals surface area (Å²) < 4.78 is 0. The molecule has 12 heavy (non-hydrogen) atoms. The lowest BCUT2D eigenvalue weighted by molar-refractivity contribution is -0.136. The number of rotatable bonds is 1. The molecule has 0 saturated heterocycles. The van der Waals surface area contributed by atoms with Gasteiger partial charge in [-0.2, -0.15) is 0 Å². The maximum atomic E-state index is 11.9. The van der Waals surface area contributed by atoms with E-state index in [0.717, 1.165) is 19.3 Å². The molecule has 0 aromatic carbocycles. The second-order valence-corrected chi connectivity index (χ2v) is 4.65. The molecule has 0 radical (unpaired) electrons. The second-order valence-electron chi connectivity index (χ2n) is 4.65. The van der Waals surface area contributed by atoms with Crippen molar-refractivity contribution >= 4 is 5.78 Å². The van der Waals surface area contributed by atoms with Crippen LogP contribution in [-0.2, 0) is 4.79 Å². The molecule has 0 aromatic rings. The molecule has 1 atom stereocenters. The molecule has 0 heterocycles. The van der Waals surface area contributed by atoms with Gasteiger partial charge in [-0.15, -0.1) is 0 Å². The number of ketones is 1. The molecule has 1 unspecified atom stereocenters. The number of carbonyl (C=O) groups excluding carboxylic acids is 1. The van der Waals surface area contributed by atoms with E-state index in [1.807, 2.05) is 27.8 Å². The van der Waals surface area contributed by atoms with Gasteiger partial charge in [-0.25, -0.2) is 0 Å². The van der Waals surface area contributed by atoms with Crippen LogP contribution in [0.2, 0.25) is 0 Å². The first kappa shape index (κ1) is 9.72. The number of carbonyl (C=O) groups is 1. The number of nitrogens with one attached hydrogen (secondary N) is 1. The van der Waals surface area contributed by atoms with Crippen molar-refractivity contribution in [3.05, 3.63) is 0 Å². The molecule has 0 bridgehead atoms. The average molecular weight is 169 g/mol. The summed E-state index contributed by atoms with van der Waals surface area (Å²) in [6.45, 7) is 6.10.